The molecule has 1 heterocycles. The lowest BCUT2D eigenvalue weighted by molar-refractivity contribution is -0.121. The summed E-state index contributed by atoms with van der Waals surface area (Å²) in [6.07, 6.45) is 13.8. The van der Waals surface area contributed by atoms with Gasteiger partial charge in [0, 0.05) is 13.0 Å². The minimum absolute atomic E-state index is 0.285. The van der Waals surface area contributed by atoms with Crippen LogP contribution >= 0.6 is 0 Å². The summed E-state index contributed by atoms with van der Waals surface area (Å²) in [6, 6.07) is 0. The number of likely N-dealkylation sites (tertiary alicyclic amines) is 1. The van der Waals surface area contributed by atoms with Crippen LogP contribution in [0.5, 0.6) is 0 Å². The minimum Gasteiger partial charge on any atom is -0.356 e. The Bertz CT molecular complexity index is 268. The number of piperidine rings is 1. The van der Waals surface area contributed by atoms with Gasteiger partial charge < -0.3 is 10.2 Å². The van der Waals surface area contributed by atoms with Gasteiger partial charge in [0.25, 0.3) is 0 Å². The number of nitrogens with one attached hydrogen (secondary N) is 1. The van der Waals surface area contributed by atoms with Crippen molar-refractivity contribution in [2.75, 3.05) is 26.2 Å². The summed E-state index contributed by atoms with van der Waals surface area (Å²) < 4.78 is 0. The largest absolute Gasteiger partial charge is 0.356 e. The van der Waals surface area contributed by atoms with Crippen molar-refractivity contribution in [3.8, 4) is 0 Å². The molecule has 0 atom stereocenters. The van der Waals surface area contributed by atoms with E-state index in [0.717, 1.165) is 19.4 Å². The zero-order valence-corrected chi connectivity index (χ0v) is 13.0. The topological polar surface area (TPSA) is 32.3 Å². The fraction of sp³-hybridized carbons (Fsp3) is 0.941. The Hall–Kier alpha value is -0.570. The summed E-state index contributed by atoms with van der Waals surface area (Å²) in [6.45, 7) is 4.75. The van der Waals surface area contributed by atoms with E-state index in [0.29, 0.717) is 5.92 Å². The first kappa shape index (κ1) is 15.8. The highest BCUT2D eigenvalue weighted by Gasteiger charge is 2.17. The average molecular weight is 280 g/mol. The number of unbranched alkanes of at least 4 members (excludes halogenated alkanes) is 2. The molecule has 1 amide bonds. The first-order chi connectivity index (χ1) is 9.84. The Labute approximate surface area is 124 Å². The molecule has 0 spiro atoms. The van der Waals surface area contributed by atoms with E-state index in [9.17, 15) is 4.79 Å². The lowest BCUT2D eigenvalue weighted by atomic mass is 10.0. The molecule has 0 aromatic carbocycles. The molecule has 1 N–H and O–H groups in total. The quantitative estimate of drug-likeness (QED) is 0.692. The molecule has 116 valence electrons. The maximum absolute atomic E-state index is 11.8. The fourth-order valence-electron chi connectivity index (χ4n) is 3.60. The van der Waals surface area contributed by atoms with Crippen LogP contribution in [0.3, 0.4) is 0 Å². The van der Waals surface area contributed by atoms with E-state index in [1.54, 1.807) is 0 Å². The molecule has 1 aliphatic heterocycles. The molecule has 1 saturated heterocycles. The van der Waals surface area contributed by atoms with Gasteiger partial charge in [0.2, 0.25) is 5.91 Å². The Morgan fingerprint density at radius 2 is 1.70 bits per heavy atom. The first-order valence-corrected chi connectivity index (χ1v) is 8.83. The number of carbonyl (C=O) groups is 1. The van der Waals surface area contributed by atoms with Crippen molar-refractivity contribution in [2.45, 2.75) is 70.6 Å². The third kappa shape index (κ3) is 6.25. The van der Waals surface area contributed by atoms with Gasteiger partial charge in [-0.05, 0) is 64.1 Å². The summed E-state index contributed by atoms with van der Waals surface area (Å²) >= 11 is 0. The number of amides is 1. The van der Waals surface area contributed by atoms with Crippen molar-refractivity contribution in [1.29, 1.82) is 0 Å². The fourth-order valence-corrected chi connectivity index (χ4v) is 3.60. The summed E-state index contributed by atoms with van der Waals surface area (Å²) in [5, 5.41) is 3.10. The van der Waals surface area contributed by atoms with Crippen molar-refractivity contribution in [3.05, 3.63) is 0 Å². The van der Waals surface area contributed by atoms with E-state index in [-0.39, 0.29) is 5.91 Å². The predicted molar refractivity (Wildman–Crippen MR) is 83.7 cm³/mol. The van der Waals surface area contributed by atoms with Crippen LogP contribution in [0.25, 0.3) is 0 Å². The van der Waals surface area contributed by atoms with Crippen LogP contribution in [-0.2, 0) is 4.79 Å². The third-order valence-electron chi connectivity index (χ3n) is 4.87. The lowest BCUT2D eigenvalue weighted by Gasteiger charge is -2.26. The molecule has 20 heavy (non-hydrogen) atoms. The van der Waals surface area contributed by atoms with Gasteiger partial charge >= 0.3 is 0 Å². The molecule has 0 unspecified atom stereocenters. The van der Waals surface area contributed by atoms with Crippen LogP contribution in [0.15, 0.2) is 0 Å². The average Bonchev–Trinajstić information content (AvgIpc) is 2.96. The van der Waals surface area contributed by atoms with Gasteiger partial charge in [-0.3, -0.25) is 4.79 Å². The summed E-state index contributed by atoms with van der Waals surface area (Å²) in [5.74, 6) is 0.960. The van der Waals surface area contributed by atoms with Crippen molar-refractivity contribution in [3.63, 3.8) is 0 Å². The number of hydrogen-bond acceptors (Lipinski definition) is 2. The van der Waals surface area contributed by atoms with E-state index in [1.165, 1.54) is 77.4 Å². The van der Waals surface area contributed by atoms with Gasteiger partial charge in [0.1, 0.15) is 0 Å². The van der Waals surface area contributed by atoms with Gasteiger partial charge in [-0.25, -0.2) is 0 Å². The molecule has 0 aromatic heterocycles. The third-order valence-corrected chi connectivity index (χ3v) is 4.87. The molecule has 0 bridgehead atoms. The van der Waals surface area contributed by atoms with Crippen LogP contribution in [-0.4, -0.2) is 37.0 Å². The van der Waals surface area contributed by atoms with Crippen molar-refractivity contribution in [1.82, 2.24) is 10.2 Å². The molecule has 1 aliphatic carbocycles. The van der Waals surface area contributed by atoms with Crippen molar-refractivity contribution in [2.24, 2.45) is 5.92 Å². The molecule has 3 nitrogen and oxygen atoms in total. The summed E-state index contributed by atoms with van der Waals surface area (Å²) in [7, 11) is 0. The first-order valence-electron chi connectivity index (χ1n) is 8.83. The Morgan fingerprint density at radius 3 is 2.45 bits per heavy atom. The van der Waals surface area contributed by atoms with Crippen LogP contribution < -0.4 is 5.32 Å². The van der Waals surface area contributed by atoms with E-state index in [1.807, 2.05) is 0 Å². The molecule has 3 heteroatoms. The number of carbonyl (C=O) groups excluding carboxylic acids is 1. The van der Waals surface area contributed by atoms with Gasteiger partial charge in [0.05, 0.1) is 0 Å². The normalized spacial score (nSPS) is 21.2. The Balaban J connectivity index is 1.40. The lowest BCUT2D eigenvalue weighted by Crippen LogP contribution is -2.30. The molecule has 0 aromatic rings. The van der Waals surface area contributed by atoms with Crippen LogP contribution in [0.4, 0.5) is 0 Å². The predicted octanol–water partition coefficient (Wildman–Crippen LogP) is 3.34. The van der Waals surface area contributed by atoms with Gasteiger partial charge in [0.15, 0.2) is 0 Å². The maximum atomic E-state index is 11.8. The highest BCUT2D eigenvalue weighted by molar-refractivity contribution is 5.76. The summed E-state index contributed by atoms with van der Waals surface area (Å²) in [5.41, 5.74) is 0. The van der Waals surface area contributed by atoms with E-state index >= 15 is 0 Å². The smallest absolute Gasteiger partial charge is 0.220 e. The van der Waals surface area contributed by atoms with E-state index < -0.39 is 0 Å². The van der Waals surface area contributed by atoms with Crippen LogP contribution in [0.2, 0.25) is 0 Å². The molecular weight excluding hydrogens is 248 g/mol. The maximum Gasteiger partial charge on any atom is 0.220 e. The second kappa shape index (κ2) is 9.38. The molecule has 0 radical (unpaired) electrons. The van der Waals surface area contributed by atoms with Gasteiger partial charge in [-0.1, -0.05) is 25.7 Å². The molecule has 2 fully saturated rings. The second-order valence-corrected chi connectivity index (χ2v) is 6.67. The standard InChI is InChI=1S/C17H32N2O/c20-17(15-16-9-3-4-10-16)18-11-5-1-6-12-19-13-7-2-8-14-19/h16H,1-15H2,(H,18,20). The van der Waals surface area contributed by atoms with Crippen LogP contribution in [0, 0.1) is 5.92 Å². The Morgan fingerprint density at radius 1 is 0.950 bits per heavy atom. The number of hydrogen-bond donors (Lipinski definition) is 1. The van der Waals surface area contributed by atoms with Gasteiger partial charge in [-0.2, -0.15) is 0 Å². The molecule has 1 saturated carbocycles. The summed E-state index contributed by atoms with van der Waals surface area (Å²) in [4.78, 5) is 14.4. The van der Waals surface area contributed by atoms with E-state index in [4.69, 9.17) is 0 Å². The van der Waals surface area contributed by atoms with E-state index in [2.05, 4.69) is 10.2 Å². The SMILES string of the molecule is O=C(CC1CCCC1)NCCCCCN1CCCCC1. The van der Waals surface area contributed by atoms with Gasteiger partial charge in [-0.15, -0.1) is 0 Å². The molecule has 2 aliphatic rings. The molecule has 2 rings (SSSR count). The van der Waals surface area contributed by atoms with Crippen molar-refractivity contribution >= 4 is 5.91 Å². The number of rotatable bonds is 8. The second-order valence-electron chi connectivity index (χ2n) is 6.67. The Kier molecular flexibility index (Phi) is 7.42. The highest BCUT2D eigenvalue weighted by Crippen LogP contribution is 2.27. The zero-order chi connectivity index (χ0) is 14.0. The highest BCUT2D eigenvalue weighted by atomic mass is 16.1. The minimum atomic E-state index is 0.285. The monoisotopic (exact) mass is 280 g/mol. The zero-order valence-electron chi connectivity index (χ0n) is 13.0. The van der Waals surface area contributed by atoms with Crippen molar-refractivity contribution < 1.29 is 4.79 Å². The van der Waals surface area contributed by atoms with Crippen LogP contribution in [0.1, 0.15) is 70.6 Å². The molecular formula is C17H32N2O. The number of nitrogens with zero attached hydrogens (tertiary/aromatic N) is 1.